The summed E-state index contributed by atoms with van der Waals surface area (Å²) in [7, 11) is 0. The highest BCUT2D eigenvalue weighted by Gasteiger charge is 2.45. The van der Waals surface area contributed by atoms with Gasteiger partial charge in [-0.3, -0.25) is 9.59 Å². The normalized spacial score (nSPS) is 18.8. The quantitative estimate of drug-likeness (QED) is 0.0436. The van der Waals surface area contributed by atoms with Crippen molar-refractivity contribution in [3.63, 3.8) is 0 Å². The SMILES string of the molecule is CCCCC(=O)Cc1ccc(OC(=O)CCCO[N+](=O)[O-])c(C(=O)Oc2ccc(P3(=S)SP(=S)(c4ccc(O)cc4)S3)cc2)c1. The molecule has 1 saturated heterocycles. The van der Waals surface area contributed by atoms with Crippen molar-refractivity contribution >= 4 is 82.8 Å². The smallest absolute Gasteiger partial charge is 0.347 e. The molecular weight excluding hydrogens is 697 g/mol. The van der Waals surface area contributed by atoms with Crippen molar-refractivity contribution in [3.05, 3.63) is 88.0 Å². The first-order valence-corrected chi connectivity index (χ1v) is 23.4. The van der Waals surface area contributed by atoms with E-state index < -0.39 is 25.9 Å². The van der Waals surface area contributed by atoms with Crippen LogP contribution < -0.4 is 20.1 Å². The molecule has 0 saturated carbocycles. The first-order valence-electron chi connectivity index (χ1n) is 13.8. The Kier molecular flexibility index (Phi) is 12.3. The number of Topliss-reactive ketones (excluding diaryl/α,β-unsaturated/α-hetero) is 1. The molecule has 16 heteroatoms. The third kappa shape index (κ3) is 9.64. The van der Waals surface area contributed by atoms with Crippen molar-refractivity contribution in [1.82, 2.24) is 0 Å². The summed E-state index contributed by atoms with van der Waals surface area (Å²) in [6.45, 7) is 1.72. The van der Waals surface area contributed by atoms with Crippen LogP contribution in [0.25, 0.3) is 0 Å². The largest absolute Gasteiger partial charge is 0.508 e. The average Bonchev–Trinajstić information content (AvgIpc) is 2.98. The Morgan fingerprint density at radius 2 is 1.51 bits per heavy atom. The minimum atomic E-state index is -2.05. The van der Waals surface area contributed by atoms with E-state index in [0.717, 1.165) is 23.5 Å². The molecular formula is C29H29NO9P2S4. The number of rotatable bonds is 15. The number of carbonyl (C=O) groups excluding carboxylic acids is 3. The lowest BCUT2D eigenvalue weighted by Gasteiger charge is -2.40. The first-order chi connectivity index (χ1) is 21.4. The van der Waals surface area contributed by atoms with E-state index in [9.17, 15) is 29.6 Å². The molecule has 0 amide bonds. The Labute approximate surface area is 277 Å². The Hall–Kier alpha value is -2.73. The molecule has 45 heavy (non-hydrogen) atoms. The topological polar surface area (TPSA) is 142 Å². The van der Waals surface area contributed by atoms with Gasteiger partial charge in [0.25, 0.3) is 5.09 Å². The minimum Gasteiger partial charge on any atom is -0.508 e. The van der Waals surface area contributed by atoms with Crippen molar-refractivity contribution in [2.24, 2.45) is 0 Å². The van der Waals surface area contributed by atoms with E-state index in [1.807, 2.05) is 31.2 Å². The first kappa shape index (κ1) is 35.1. The molecule has 1 fully saturated rings. The predicted molar refractivity (Wildman–Crippen MR) is 185 cm³/mol. The van der Waals surface area contributed by atoms with E-state index in [1.165, 1.54) is 12.1 Å². The highest BCUT2D eigenvalue weighted by molar-refractivity contribution is 9.48. The fraction of sp³-hybridized carbons (Fsp3) is 0.276. The van der Waals surface area contributed by atoms with Gasteiger partial charge in [0.1, 0.15) is 28.6 Å². The van der Waals surface area contributed by atoms with Crippen molar-refractivity contribution < 1.29 is 38.9 Å². The number of phenols is 1. The van der Waals surface area contributed by atoms with Gasteiger partial charge in [-0.2, -0.15) is 0 Å². The van der Waals surface area contributed by atoms with Gasteiger partial charge in [0.05, 0.1) is 15.5 Å². The van der Waals surface area contributed by atoms with Gasteiger partial charge in [0.2, 0.25) is 0 Å². The molecule has 3 aromatic carbocycles. The molecule has 238 valence electrons. The third-order valence-corrected chi connectivity index (χ3v) is 37.6. The second kappa shape index (κ2) is 15.7. The Morgan fingerprint density at radius 1 is 0.889 bits per heavy atom. The molecule has 0 aliphatic carbocycles. The summed E-state index contributed by atoms with van der Waals surface area (Å²) in [6.07, 6.45) is 2.03. The van der Waals surface area contributed by atoms with Crippen molar-refractivity contribution in [1.29, 1.82) is 0 Å². The van der Waals surface area contributed by atoms with Crippen LogP contribution in [0.3, 0.4) is 0 Å². The lowest BCUT2D eigenvalue weighted by Crippen LogP contribution is -2.16. The van der Waals surface area contributed by atoms with Crippen LogP contribution in [0.15, 0.2) is 66.7 Å². The molecule has 0 spiro atoms. The fourth-order valence-corrected chi connectivity index (χ4v) is 46.4. The van der Waals surface area contributed by atoms with Gasteiger partial charge in [-0.25, -0.2) is 4.79 Å². The van der Waals surface area contributed by atoms with Crippen LogP contribution in [-0.2, 0) is 44.5 Å². The van der Waals surface area contributed by atoms with E-state index in [-0.39, 0.29) is 54.5 Å². The lowest BCUT2D eigenvalue weighted by atomic mass is 10.0. The number of unbranched alkanes of at least 4 members (excludes halogenated alkanes) is 1. The molecule has 0 atom stereocenters. The van der Waals surface area contributed by atoms with Gasteiger partial charge in [-0.1, -0.05) is 65.0 Å². The predicted octanol–water partition coefficient (Wildman–Crippen LogP) is 6.86. The lowest BCUT2D eigenvalue weighted by molar-refractivity contribution is -0.757. The highest BCUT2D eigenvalue weighted by Crippen LogP contribution is 3.04. The number of carbonyl (C=O) groups is 3. The van der Waals surface area contributed by atoms with E-state index >= 15 is 0 Å². The van der Waals surface area contributed by atoms with Crippen LogP contribution in [0, 0.1) is 10.1 Å². The van der Waals surface area contributed by atoms with Crippen molar-refractivity contribution in [2.45, 2.75) is 45.4 Å². The molecule has 1 heterocycles. The van der Waals surface area contributed by atoms with Crippen LogP contribution in [0.5, 0.6) is 17.2 Å². The van der Waals surface area contributed by atoms with Crippen molar-refractivity contribution in [3.8, 4) is 17.2 Å². The molecule has 10 nitrogen and oxygen atoms in total. The standard InChI is InChI=1S/C29H29NO9P2S4/c1-2-3-5-22(32)18-20-7-16-27(39-28(33)6-4-17-37-30(35)36)26(19-20)29(34)38-23-10-14-25(15-11-23)41(43)44-40(42,45-41)24-12-8-21(31)9-13-24/h7-16,19,31H,2-6,17-18H2,1H3. The summed E-state index contributed by atoms with van der Waals surface area (Å²) in [5.41, 5.74) is 0.528. The molecule has 0 bridgehead atoms. The molecule has 0 radical (unpaired) electrons. The zero-order valence-corrected chi connectivity index (χ0v) is 29.0. The van der Waals surface area contributed by atoms with E-state index in [4.69, 9.17) is 33.1 Å². The van der Waals surface area contributed by atoms with Gasteiger partial charge in [0.15, 0.2) is 0 Å². The second-order valence-corrected chi connectivity index (χ2v) is 31.1. The van der Waals surface area contributed by atoms with E-state index in [2.05, 4.69) is 4.84 Å². The second-order valence-electron chi connectivity index (χ2n) is 9.84. The summed E-state index contributed by atoms with van der Waals surface area (Å²) in [5, 5.41) is 20.9. The average molecular weight is 726 g/mol. The summed E-state index contributed by atoms with van der Waals surface area (Å²) >= 11 is 15.2. The maximum absolute atomic E-state index is 13.3. The number of phenolic OH excluding ortho intramolecular Hbond substituents is 1. The maximum Gasteiger partial charge on any atom is 0.347 e. The number of nitrogens with zero attached hydrogens (tertiary/aromatic N) is 1. The molecule has 3 aromatic rings. The monoisotopic (exact) mass is 725 g/mol. The Balaban J connectivity index is 1.46. The van der Waals surface area contributed by atoms with Crippen LogP contribution in [0.2, 0.25) is 0 Å². The number of benzene rings is 3. The van der Waals surface area contributed by atoms with Crippen LogP contribution in [0.4, 0.5) is 0 Å². The molecule has 4 rings (SSSR count). The van der Waals surface area contributed by atoms with E-state index in [0.29, 0.717) is 12.0 Å². The Bertz CT molecular complexity index is 1670. The molecule has 1 aliphatic rings. The molecule has 1 N–H and O–H groups in total. The highest BCUT2D eigenvalue weighted by atomic mass is 33.7. The minimum absolute atomic E-state index is 0.0196. The zero-order valence-electron chi connectivity index (χ0n) is 24.0. The van der Waals surface area contributed by atoms with Crippen LogP contribution in [-0.4, -0.2) is 34.5 Å². The molecule has 0 aromatic heterocycles. The molecule has 1 aliphatic heterocycles. The number of ketones is 1. The van der Waals surface area contributed by atoms with Gasteiger partial charge in [-0.05, 0) is 79.1 Å². The van der Waals surface area contributed by atoms with Gasteiger partial charge in [0, 0.05) is 29.9 Å². The molecule has 0 unspecified atom stereocenters. The zero-order chi connectivity index (χ0) is 32.6. The number of ether oxygens (including phenoxy) is 2. The summed E-state index contributed by atoms with van der Waals surface area (Å²) in [5.74, 6) is -1.11. The van der Waals surface area contributed by atoms with Gasteiger partial charge >= 0.3 is 11.9 Å². The fourth-order valence-electron chi connectivity index (χ4n) is 4.13. The van der Waals surface area contributed by atoms with Crippen LogP contribution >= 0.6 is 30.9 Å². The van der Waals surface area contributed by atoms with Gasteiger partial charge < -0.3 is 19.4 Å². The number of aromatic hydroxyl groups is 1. The number of hydrogen-bond donors (Lipinski definition) is 1. The number of esters is 2. The number of hydrogen-bond acceptors (Lipinski definition) is 13. The van der Waals surface area contributed by atoms with E-state index in [1.54, 1.807) is 52.3 Å². The summed E-state index contributed by atoms with van der Waals surface area (Å²) < 4.78 is 7.01. The Morgan fingerprint density at radius 3 is 2.11 bits per heavy atom. The van der Waals surface area contributed by atoms with Crippen molar-refractivity contribution in [2.75, 3.05) is 6.61 Å². The summed E-state index contributed by atoms with van der Waals surface area (Å²) in [6, 6.07) is 18.3. The summed E-state index contributed by atoms with van der Waals surface area (Å²) in [4.78, 5) is 52.7. The maximum atomic E-state index is 13.3. The third-order valence-electron chi connectivity index (χ3n) is 6.38. The van der Waals surface area contributed by atoms with Crippen LogP contribution in [0.1, 0.15) is 54.9 Å². The van der Waals surface area contributed by atoms with Gasteiger partial charge in [-0.15, -0.1) is 10.1 Å².